The largest absolute Gasteiger partial charge is 0.378 e. The Kier molecular flexibility index (Phi) is 3.59. The fourth-order valence-corrected chi connectivity index (χ4v) is 3.61. The normalized spacial score (nSPS) is 27.9. The lowest BCUT2D eigenvalue weighted by atomic mass is 9.51. The molecule has 2 aliphatic carbocycles. The van der Waals surface area contributed by atoms with Crippen LogP contribution in [0.1, 0.15) is 38.2 Å². The van der Waals surface area contributed by atoms with E-state index >= 15 is 0 Å². The molecule has 2 unspecified atom stereocenters. The van der Waals surface area contributed by atoms with Crippen molar-refractivity contribution in [2.75, 3.05) is 6.61 Å². The topological polar surface area (TPSA) is 21.3 Å². The predicted molar refractivity (Wildman–Crippen MR) is 73.3 cm³/mol. The van der Waals surface area contributed by atoms with E-state index in [9.17, 15) is 4.39 Å². The van der Waals surface area contributed by atoms with Gasteiger partial charge in [-0.3, -0.25) is 0 Å². The standard InChI is InChI=1S/C16H22FNO/c1-2-19-15-10-14(16(15)7-4-8-16)18-11-12-5-3-6-13(17)9-12/h3,5-6,9,14-15,18H,2,4,7-8,10-11H2,1H3. The lowest BCUT2D eigenvalue weighted by molar-refractivity contribution is -0.173. The molecule has 0 bridgehead atoms. The van der Waals surface area contributed by atoms with Crippen molar-refractivity contribution in [3.05, 3.63) is 35.6 Å². The van der Waals surface area contributed by atoms with E-state index < -0.39 is 0 Å². The van der Waals surface area contributed by atoms with E-state index in [2.05, 4.69) is 12.2 Å². The SMILES string of the molecule is CCOC1CC(NCc2cccc(F)c2)C12CCC2. The Bertz CT molecular complexity index is 444. The number of hydrogen-bond acceptors (Lipinski definition) is 2. The molecule has 2 fully saturated rings. The van der Waals surface area contributed by atoms with Crippen molar-refractivity contribution in [2.24, 2.45) is 5.41 Å². The summed E-state index contributed by atoms with van der Waals surface area (Å²) in [6, 6.07) is 7.39. The molecule has 2 nitrogen and oxygen atoms in total. The van der Waals surface area contributed by atoms with Crippen LogP contribution in [0.25, 0.3) is 0 Å². The summed E-state index contributed by atoms with van der Waals surface area (Å²) in [6.07, 6.45) is 5.42. The van der Waals surface area contributed by atoms with E-state index in [4.69, 9.17) is 4.74 Å². The highest BCUT2D eigenvalue weighted by Gasteiger charge is 2.58. The van der Waals surface area contributed by atoms with Gasteiger partial charge in [-0.05, 0) is 43.9 Å². The Labute approximate surface area is 114 Å². The molecule has 1 aromatic carbocycles. The number of rotatable bonds is 5. The lowest BCUT2D eigenvalue weighted by Gasteiger charge is -2.61. The van der Waals surface area contributed by atoms with E-state index in [1.165, 1.54) is 25.3 Å². The molecule has 0 saturated heterocycles. The van der Waals surface area contributed by atoms with Crippen LogP contribution in [0.5, 0.6) is 0 Å². The fraction of sp³-hybridized carbons (Fsp3) is 0.625. The molecule has 3 heteroatoms. The maximum Gasteiger partial charge on any atom is 0.123 e. The molecule has 1 aromatic rings. The summed E-state index contributed by atoms with van der Waals surface area (Å²) in [5, 5.41) is 3.60. The molecular weight excluding hydrogens is 241 g/mol. The maximum atomic E-state index is 13.1. The van der Waals surface area contributed by atoms with Gasteiger partial charge in [0, 0.05) is 24.6 Å². The Morgan fingerprint density at radius 2 is 2.26 bits per heavy atom. The Morgan fingerprint density at radius 1 is 1.42 bits per heavy atom. The molecule has 104 valence electrons. The first-order valence-corrected chi connectivity index (χ1v) is 7.34. The highest BCUT2D eigenvalue weighted by Crippen LogP contribution is 2.57. The second-order valence-corrected chi connectivity index (χ2v) is 5.83. The van der Waals surface area contributed by atoms with E-state index in [0.717, 1.165) is 25.1 Å². The van der Waals surface area contributed by atoms with Gasteiger partial charge in [0.15, 0.2) is 0 Å². The minimum Gasteiger partial charge on any atom is -0.378 e. The first-order valence-electron chi connectivity index (χ1n) is 7.34. The zero-order chi connectivity index (χ0) is 13.3. The highest BCUT2D eigenvalue weighted by molar-refractivity contribution is 5.18. The molecule has 19 heavy (non-hydrogen) atoms. The first-order chi connectivity index (χ1) is 9.24. The summed E-state index contributed by atoms with van der Waals surface area (Å²) in [7, 11) is 0. The molecule has 2 saturated carbocycles. The molecule has 3 rings (SSSR count). The van der Waals surface area contributed by atoms with Crippen molar-refractivity contribution in [3.63, 3.8) is 0 Å². The molecule has 1 spiro atoms. The maximum absolute atomic E-state index is 13.1. The molecule has 0 heterocycles. The van der Waals surface area contributed by atoms with Gasteiger partial charge in [-0.15, -0.1) is 0 Å². The third-order valence-electron chi connectivity index (χ3n) is 4.88. The molecule has 2 atom stereocenters. The van der Waals surface area contributed by atoms with Crippen LogP contribution in [0.4, 0.5) is 4.39 Å². The number of hydrogen-bond donors (Lipinski definition) is 1. The summed E-state index contributed by atoms with van der Waals surface area (Å²) < 4.78 is 19.0. The lowest BCUT2D eigenvalue weighted by Crippen LogP contribution is -2.66. The monoisotopic (exact) mass is 263 g/mol. The van der Waals surface area contributed by atoms with Crippen LogP contribution in [-0.4, -0.2) is 18.8 Å². The van der Waals surface area contributed by atoms with Gasteiger partial charge in [0.25, 0.3) is 0 Å². The van der Waals surface area contributed by atoms with Crippen LogP contribution < -0.4 is 5.32 Å². The first kappa shape index (κ1) is 13.1. The van der Waals surface area contributed by atoms with Gasteiger partial charge in [0.1, 0.15) is 5.82 Å². The van der Waals surface area contributed by atoms with Crippen molar-refractivity contribution in [3.8, 4) is 0 Å². The second kappa shape index (κ2) is 5.22. The molecule has 0 aliphatic heterocycles. The van der Waals surface area contributed by atoms with Crippen LogP contribution in [-0.2, 0) is 11.3 Å². The van der Waals surface area contributed by atoms with Crippen molar-refractivity contribution < 1.29 is 9.13 Å². The average molecular weight is 263 g/mol. The number of benzene rings is 1. The van der Waals surface area contributed by atoms with Crippen molar-refractivity contribution >= 4 is 0 Å². The van der Waals surface area contributed by atoms with E-state index in [1.807, 2.05) is 6.07 Å². The van der Waals surface area contributed by atoms with Gasteiger partial charge in [-0.25, -0.2) is 4.39 Å². The quantitative estimate of drug-likeness (QED) is 0.880. The minimum absolute atomic E-state index is 0.154. The molecule has 0 aromatic heterocycles. The third kappa shape index (κ3) is 2.30. The molecule has 0 amide bonds. The van der Waals surface area contributed by atoms with E-state index in [0.29, 0.717) is 17.6 Å². The smallest absolute Gasteiger partial charge is 0.123 e. The number of nitrogens with one attached hydrogen (secondary N) is 1. The van der Waals surface area contributed by atoms with Gasteiger partial charge < -0.3 is 10.1 Å². The average Bonchev–Trinajstić information content (AvgIpc) is 2.31. The van der Waals surface area contributed by atoms with Crippen LogP contribution in [0.3, 0.4) is 0 Å². The summed E-state index contributed by atoms with van der Waals surface area (Å²) >= 11 is 0. The van der Waals surface area contributed by atoms with Gasteiger partial charge in [-0.1, -0.05) is 18.6 Å². The summed E-state index contributed by atoms with van der Waals surface area (Å²) in [4.78, 5) is 0. The van der Waals surface area contributed by atoms with Crippen LogP contribution in [0.2, 0.25) is 0 Å². The fourth-order valence-electron chi connectivity index (χ4n) is 3.61. The van der Waals surface area contributed by atoms with Gasteiger partial charge >= 0.3 is 0 Å². The van der Waals surface area contributed by atoms with E-state index in [-0.39, 0.29) is 5.82 Å². The van der Waals surface area contributed by atoms with Crippen LogP contribution >= 0.6 is 0 Å². The Hall–Kier alpha value is -0.930. The minimum atomic E-state index is -0.154. The summed E-state index contributed by atoms with van der Waals surface area (Å²) in [6.45, 7) is 3.63. The van der Waals surface area contributed by atoms with Crippen LogP contribution in [0, 0.1) is 11.2 Å². The van der Waals surface area contributed by atoms with Crippen molar-refractivity contribution in [1.29, 1.82) is 0 Å². The molecule has 2 aliphatic rings. The zero-order valence-electron chi connectivity index (χ0n) is 11.5. The van der Waals surface area contributed by atoms with Crippen molar-refractivity contribution in [2.45, 2.75) is 51.3 Å². The number of halogens is 1. The van der Waals surface area contributed by atoms with Gasteiger partial charge in [0.05, 0.1) is 6.10 Å². The summed E-state index contributed by atoms with van der Waals surface area (Å²) in [5.41, 5.74) is 1.40. The molecule has 1 N–H and O–H groups in total. The molecule has 0 radical (unpaired) electrons. The van der Waals surface area contributed by atoms with Crippen molar-refractivity contribution in [1.82, 2.24) is 5.32 Å². The van der Waals surface area contributed by atoms with Gasteiger partial charge in [-0.2, -0.15) is 0 Å². The second-order valence-electron chi connectivity index (χ2n) is 5.83. The highest BCUT2D eigenvalue weighted by atomic mass is 19.1. The Balaban J connectivity index is 1.57. The third-order valence-corrected chi connectivity index (χ3v) is 4.88. The zero-order valence-corrected chi connectivity index (χ0v) is 11.5. The molecular formula is C16H22FNO. The predicted octanol–water partition coefficient (Wildman–Crippen LogP) is 3.26. The van der Waals surface area contributed by atoms with E-state index in [1.54, 1.807) is 12.1 Å². The number of ether oxygens (including phenoxy) is 1. The summed E-state index contributed by atoms with van der Waals surface area (Å²) in [5.74, 6) is -0.154. The van der Waals surface area contributed by atoms with Crippen LogP contribution in [0.15, 0.2) is 24.3 Å². The van der Waals surface area contributed by atoms with Gasteiger partial charge in [0.2, 0.25) is 0 Å². The Morgan fingerprint density at radius 3 is 2.89 bits per heavy atom.